The first kappa shape index (κ1) is 9.47. The van der Waals surface area contributed by atoms with Gasteiger partial charge in [0.05, 0.1) is 11.6 Å². The lowest BCUT2D eigenvalue weighted by atomic mass is 10.1. The van der Waals surface area contributed by atoms with Gasteiger partial charge in [0.15, 0.2) is 0 Å². The summed E-state index contributed by atoms with van der Waals surface area (Å²) in [5.74, 6) is 0.227. The highest BCUT2D eigenvalue weighted by molar-refractivity contribution is 5.80. The topological polar surface area (TPSA) is 40.9 Å². The third kappa shape index (κ3) is 2.72. The average Bonchev–Trinajstić information content (AvgIpc) is 2.19. The number of nitrogens with zero attached hydrogens (tertiary/aromatic N) is 1. The molecule has 0 N–H and O–H groups in total. The van der Waals surface area contributed by atoms with Crippen LogP contribution >= 0.6 is 0 Å². The molecule has 0 aliphatic rings. The van der Waals surface area contributed by atoms with Crippen LogP contribution in [-0.2, 0) is 11.2 Å². The van der Waals surface area contributed by atoms with Crippen molar-refractivity contribution < 1.29 is 4.79 Å². The van der Waals surface area contributed by atoms with Gasteiger partial charge in [0, 0.05) is 12.8 Å². The molecule has 0 aromatic heterocycles. The lowest BCUT2D eigenvalue weighted by molar-refractivity contribution is -0.118. The zero-order chi connectivity index (χ0) is 9.68. The second-order valence-electron chi connectivity index (χ2n) is 2.88. The van der Waals surface area contributed by atoms with Gasteiger partial charge in [-0.05, 0) is 17.7 Å². The number of benzene rings is 1. The number of nitriles is 1. The highest BCUT2D eigenvalue weighted by atomic mass is 16.1. The first-order valence-corrected chi connectivity index (χ1v) is 4.27. The van der Waals surface area contributed by atoms with Gasteiger partial charge in [-0.2, -0.15) is 5.26 Å². The summed E-state index contributed by atoms with van der Waals surface area (Å²) < 4.78 is 0. The van der Waals surface area contributed by atoms with Gasteiger partial charge in [0.25, 0.3) is 0 Å². The summed E-state index contributed by atoms with van der Waals surface area (Å²) in [5.41, 5.74) is 1.61. The molecule has 0 unspecified atom stereocenters. The molecular weight excluding hydrogens is 162 g/mol. The minimum Gasteiger partial charge on any atom is -0.299 e. The molecule has 0 spiro atoms. The molecular formula is C11H11NO. The van der Waals surface area contributed by atoms with Crippen LogP contribution in [0.4, 0.5) is 0 Å². The monoisotopic (exact) mass is 173 g/mol. The van der Waals surface area contributed by atoms with E-state index in [4.69, 9.17) is 5.26 Å². The van der Waals surface area contributed by atoms with Crippen LogP contribution in [0, 0.1) is 11.3 Å². The number of Topliss-reactive ketones (excluding diaryl/α,β-unsaturated/α-hetero) is 1. The molecule has 0 heterocycles. The Morgan fingerprint density at radius 2 is 2.00 bits per heavy atom. The zero-order valence-electron chi connectivity index (χ0n) is 7.58. The third-order valence-electron chi connectivity index (χ3n) is 1.88. The highest BCUT2D eigenvalue weighted by Crippen LogP contribution is 2.05. The van der Waals surface area contributed by atoms with Gasteiger partial charge < -0.3 is 0 Å². The molecule has 2 heteroatoms. The predicted molar refractivity (Wildman–Crippen MR) is 50.2 cm³/mol. The van der Waals surface area contributed by atoms with E-state index in [0.29, 0.717) is 18.4 Å². The first-order valence-electron chi connectivity index (χ1n) is 4.27. The molecule has 1 rings (SSSR count). The molecule has 0 aliphatic heterocycles. The standard InChI is InChI=1S/C11H11NO/c1-2-11(13)7-9-3-5-10(8-12)6-4-9/h3-6H,2,7H2,1H3. The zero-order valence-corrected chi connectivity index (χ0v) is 7.58. The SMILES string of the molecule is CCC(=O)Cc1ccc(C#N)cc1. The van der Waals surface area contributed by atoms with E-state index in [9.17, 15) is 4.79 Å². The number of carbonyl (C=O) groups excluding carboxylic acids is 1. The van der Waals surface area contributed by atoms with Crippen LogP contribution in [0.5, 0.6) is 0 Å². The van der Waals surface area contributed by atoms with E-state index in [1.54, 1.807) is 12.1 Å². The van der Waals surface area contributed by atoms with Gasteiger partial charge in [-0.25, -0.2) is 0 Å². The molecule has 1 aromatic rings. The molecule has 0 bridgehead atoms. The third-order valence-corrected chi connectivity index (χ3v) is 1.88. The van der Waals surface area contributed by atoms with Crippen molar-refractivity contribution in [1.82, 2.24) is 0 Å². The van der Waals surface area contributed by atoms with Crippen LogP contribution in [0.1, 0.15) is 24.5 Å². The molecule has 2 nitrogen and oxygen atoms in total. The lowest BCUT2D eigenvalue weighted by Gasteiger charge is -1.97. The normalized spacial score (nSPS) is 9.23. The van der Waals surface area contributed by atoms with Crippen molar-refractivity contribution in [1.29, 1.82) is 5.26 Å². The summed E-state index contributed by atoms with van der Waals surface area (Å²) >= 11 is 0. The lowest BCUT2D eigenvalue weighted by Crippen LogP contribution is -1.99. The van der Waals surface area contributed by atoms with E-state index in [-0.39, 0.29) is 5.78 Å². The molecule has 0 saturated carbocycles. The number of hydrogen-bond donors (Lipinski definition) is 0. The second-order valence-corrected chi connectivity index (χ2v) is 2.88. The van der Waals surface area contributed by atoms with Crippen molar-refractivity contribution in [3.8, 4) is 6.07 Å². The smallest absolute Gasteiger partial charge is 0.136 e. The van der Waals surface area contributed by atoms with Crippen LogP contribution < -0.4 is 0 Å². The Morgan fingerprint density at radius 1 is 1.38 bits per heavy atom. The molecule has 0 saturated heterocycles. The van der Waals surface area contributed by atoms with E-state index in [2.05, 4.69) is 0 Å². The molecule has 0 fully saturated rings. The number of carbonyl (C=O) groups is 1. The van der Waals surface area contributed by atoms with E-state index in [1.165, 1.54) is 0 Å². The van der Waals surface area contributed by atoms with Gasteiger partial charge in [-0.1, -0.05) is 19.1 Å². The Balaban J connectivity index is 2.71. The minimum absolute atomic E-state index is 0.227. The van der Waals surface area contributed by atoms with Crippen molar-refractivity contribution >= 4 is 5.78 Å². The fourth-order valence-corrected chi connectivity index (χ4v) is 1.05. The van der Waals surface area contributed by atoms with Crippen LogP contribution in [0.3, 0.4) is 0 Å². The summed E-state index contributed by atoms with van der Waals surface area (Å²) in [6.45, 7) is 1.85. The summed E-state index contributed by atoms with van der Waals surface area (Å²) in [5, 5.41) is 8.54. The predicted octanol–water partition coefficient (Wildman–Crippen LogP) is 2.08. The van der Waals surface area contributed by atoms with Gasteiger partial charge in [-0.15, -0.1) is 0 Å². The van der Waals surface area contributed by atoms with Crippen LogP contribution in [0.25, 0.3) is 0 Å². The maximum absolute atomic E-state index is 11.1. The van der Waals surface area contributed by atoms with Crippen molar-refractivity contribution in [2.75, 3.05) is 0 Å². The van der Waals surface area contributed by atoms with E-state index in [1.807, 2.05) is 25.1 Å². The fourth-order valence-electron chi connectivity index (χ4n) is 1.05. The van der Waals surface area contributed by atoms with Crippen molar-refractivity contribution in [3.63, 3.8) is 0 Å². The molecule has 0 amide bonds. The number of ketones is 1. The Hall–Kier alpha value is -1.62. The Kier molecular flexibility index (Phi) is 3.22. The Bertz CT molecular complexity index is 332. The van der Waals surface area contributed by atoms with E-state index in [0.717, 1.165) is 5.56 Å². The summed E-state index contributed by atoms with van der Waals surface area (Å²) in [7, 11) is 0. The fraction of sp³-hybridized carbons (Fsp3) is 0.273. The Morgan fingerprint density at radius 3 is 2.46 bits per heavy atom. The van der Waals surface area contributed by atoms with Crippen LogP contribution in [0.2, 0.25) is 0 Å². The minimum atomic E-state index is 0.227. The van der Waals surface area contributed by atoms with E-state index >= 15 is 0 Å². The van der Waals surface area contributed by atoms with Gasteiger partial charge >= 0.3 is 0 Å². The highest BCUT2D eigenvalue weighted by Gasteiger charge is 2.00. The summed E-state index contributed by atoms with van der Waals surface area (Å²) in [4.78, 5) is 11.1. The molecule has 66 valence electrons. The first-order chi connectivity index (χ1) is 6.26. The molecule has 0 atom stereocenters. The molecule has 0 aliphatic carbocycles. The van der Waals surface area contributed by atoms with Gasteiger partial charge in [-0.3, -0.25) is 4.79 Å². The second kappa shape index (κ2) is 4.42. The maximum atomic E-state index is 11.1. The number of hydrogen-bond acceptors (Lipinski definition) is 2. The average molecular weight is 173 g/mol. The van der Waals surface area contributed by atoms with Crippen molar-refractivity contribution in [2.45, 2.75) is 19.8 Å². The summed E-state index contributed by atoms with van der Waals surface area (Å²) in [6.07, 6.45) is 1.04. The van der Waals surface area contributed by atoms with Gasteiger partial charge in [0.1, 0.15) is 5.78 Å². The maximum Gasteiger partial charge on any atom is 0.136 e. The summed E-state index contributed by atoms with van der Waals surface area (Å²) in [6, 6.07) is 9.16. The van der Waals surface area contributed by atoms with E-state index < -0.39 is 0 Å². The molecule has 0 radical (unpaired) electrons. The molecule has 13 heavy (non-hydrogen) atoms. The van der Waals surface area contributed by atoms with Crippen molar-refractivity contribution in [3.05, 3.63) is 35.4 Å². The Labute approximate surface area is 77.8 Å². The van der Waals surface area contributed by atoms with Gasteiger partial charge in [0.2, 0.25) is 0 Å². The number of rotatable bonds is 3. The van der Waals surface area contributed by atoms with Crippen LogP contribution in [0.15, 0.2) is 24.3 Å². The quantitative estimate of drug-likeness (QED) is 0.702. The largest absolute Gasteiger partial charge is 0.299 e. The molecule has 1 aromatic carbocycles. The van der Waals surface area contributed by atoms with Crippen molar-refractivity contribution in [2.24, 2.45) is 0 Å². The van der Waals surface area contributed by atoms with Crippen LogP contribution in [-0.4, -0.2) is 5.78 Å².